The molecule has 0 spiro atoms. The standard InChI is InChI=1S/C55H33N3O/c1-2-14-40-35(13-1)29-30-46-52-45-19-7-12-24-51(45)59-55(52)53(56-54(40)46)36-27-25-34(26-28-36)37-31-38(57-47-20-8-3-15-41(47)42-16-4-9-21-48(42)57)33-39(32-37)58-49-22-10-5-17-43(49)44-18-6-11-23-50(44)58/h1-33H. The summed E-state index contributed by atoms with van der Waals surface area (Å²) < 4.78 is 11.5. The van der Waals surface area contributed by atoms with Gasteiger partial charge in [0.1, 0.15) is 11.3 Å². The maximum atomic E-state index is 6.66. The Morgan fingerprint density at radius 3 is 1.41 bits per heavy atom. The quantitative estimate of drug-likeness (QED) is 0.168. The Labute approximate surface area is 338 Å². The topological polar surface area (TPSA) is 35.9 Å². The molecule has 13 aromatic rings. The molecule has 0 unspecified atom stereocenters. The Morgan fingerprint density at radius 1 is 0.356 bits per heavy atom. The van der Waals surface area contributed by atoms with E-state index in [2.05, 4.69) is 197 Å². The minimum absolute atomic E-state index is 0.809. The predicted molar refractivity (Wildman–Crippen MR) is 246 cm³/mol. The van der Waals surface area contributed by atoms with Gasteiger partial charge in [0.05, 0.1) is 27.6 Å². The summed E-state index contributed by atoms with van der Waals surface area (Å²) in [7, 11) is 0. The van der Waals surface area contributed by atoms with Crippen molar-refractivity contribution in [2.24, 2.45) is 0 Å². The number of fused-ring (bicyclic) bond motifs is 13. The molecule has 0 radical (unpaired) electrons. The van der Waals surface area contributed by atoms with Gasteiger partial charge in [-0.3, -0.25) is 0 Å². The van der Waals surface area contributed by atoms with Crippen LogP contribution in [0, 0.1) is 0 Å². The van der Waals surface area contributed by atoms with Gasteiger partial charge >= 0.3 is 0 Å². The highest BCUT2D eigenvalue weighted by Gasteiger charge is 2.20. The molecule has 0 aliphatic heterocycles. The number of aromatic nitrogens is 3. The van der Waals surface area contributed by atoms with Gasteiger partial charge in [-0.05, 0) is 65.0 Å². The fourth-order valence-electron chi connectivity index (χ4n) is 9.66. The van der Waals surface area contributed by atoms with E-state index < -0.39 is 0 Å². The number of benzene rings is 9. The lowest BCUT2D eigenvalue weighted by Gasteiger charge is -2.16. The van der Waals surface area contributed by atoms with Crippen molar-refractivity contribution in [1.29, 1.82) is 0 Å². The number of hydrogen-bond acceptors (Lipinski definition) is 2. The van der Waals surface area contributed by atoms with Crippen molar-refractivity contribution in [2.45, 2.75) is 0 Å². The lowest BCUT2D eigenvalue weighted by atomic mass is 9.98. The SMILES string of the molecule is c1ccc2c(c1)ccc1c2nc(-c2ccc(-c3cc(-n4c5ccccc5c5ccccc54)cc(-n4c5ccccc5c5ccccc54)c3)cc2)c2oc3ccccc3c21. The Morgan fingerprint density at radius 2 is 0.831 bits per heavy atom. The monoisotopic (exact) mass is 751 g/mol. The van der Waals surface area contributed by atoms with E-state index in [0.29, 0.717) is 0 Å². The molecular weight excluding hydrogens is 719 g/mol. The molecule has 0 aliphatic carbocycles. The third kappa shape index (κ3) is 4.69. The third-order valence-corrected chi connectivity index (χ3v) is 12.3. The number of hydrogen-bond donors (Lipinski definition) is 0. The molecule has 274 valence electrons. The van der Waals surface area contributed by atoms with Crippen molar-refractivity contribution in [1.82, 2.24) is 14.1 Å². The molecule has 0 bridgehead atoms. The van der Waals surface area contributed by atoms with Crippen LogP contribution in [0.25, 0.3) is 121 Å². The summed E-state index contributed by atoms with van der Waals surface area (Å²) in [5.74, 6) is 0. The van der Waals surface area contributed by atoms with Crippen molar-refractivity contribution < 1.29 is 4.42 Å². The van der Waals surface area contributed by atoms with Crippen molar-refractivity contribution >= 4 is 87.2 Å². The minimum atomic E-state index is 0.809. The van der Waals surface area contributed by atoms with Crippen LogP contribution in [0.15, 0.2) is 205 Å². The van der Waals surface area contributed by atoms with Gasteiger partial charge in [-0.1, -0.05) is 152 Å². The van der Waals surface area contributed by atoms with Gasteiger partial charge in [0, 0.05) is 60.0 Å². The van der Waals surface area contributed by atoms with Gasteiger partial charge in [-0.25, -0.2) is 4.98 Å². The first-order valence-electron chi connectivity index (χ1n) is 20.1. The molecule has 0 N–H and O–H groups in total. The van der Waals surface area contributed by atoms with Crippen LogP contribution in [0.3, 0.4) is 0 Å². The lowest BCUT2D eigenvalue weighted by molar-refractivity contribution is 0.669. The summed E-state index contributed by atoms with van der Waals surface area (Å²) in [5.41, 5.74) is 13.7. The van der Waals surface area contributed by atoms with Crippen LogP contribution < -0.4 is 0 Å². The predicted octanol–water partition coefficient (Wildman–Crippen LogP) is 14.8. The smallest absolute Gasteiger partial charge is 0.162 e. The molecule has 59 heavy (non-hydrogen) atoms. The zero-order valence-electron chi connectivity index (χ0n) is 31.8. The normalized spacial score (nSPS) is 12.1. The summed E-state index contributed by atoms with van der Waals surface area (Å²) in [6.45, 7) is 0. The average molecular weight is 752 g/mol. The molecule has 4 heteroatoms. The maximum Gasteiger partial charge on any atom is 0.162 e. The van der Waals surface area contributed by atoms with Crippen LogP contribution in [0.5, 0.6) is 0 Å². The second-order valence-corrected chi connectivity index (χ2v) is 15.5. The van der Waals surface area contributed by atoms with Gasteiger partial charge in [0.15, 0.2) is 5.58 Å². The first-order chi connectivity index (χ1) is 29.3. The molecule has 0 amide bonds. The number of nitrogens with zero attached hydrogens (tertiary/aromatic N) is 3. The molecule has 9 aromatic carbocycles. The Kier molecular flexibility index (Phi) is 6.69. The molecule has 4 heterocycles. The molecule has 0 atom stereocenters. The highest BCUT2D eigenvalue weighted by Crippen LogP contribution is 2.42. The van der Waals surface area contributed by atoms with E-state index in [1.807, 2.05) is 12.1 Å². The Bertz CT molecular complexity index is 3610. The summed E-state index contributed by atoms with van der Waals surface area (Å²) >= 11 is 0. The molecule has 0 aliphatic rings. The van der Waals surface area contributed by atoms with Crippen molar-refractivity contribution in [3.63, 3.8) is 0 Å². The lowest BCUT2D eigenvalue weighted by Crippen LogP contribution is -2.00. The van der Waals surface area contributed by atoms with Crippen molar-refractivity contribution in [2.75, 3.05) is 0 Å². The van der Waals surface area contributed by atoms with Crippen LogP contribution in [0.2, 0.25) is 0 Å². The van der Waals surface area contributed by atoms with E-state index in [-0.39, 0.29) is 0 Å². The zero-order chi connectivity index (χ0) is 38.6. The van der Waals surface area contributed by atoms with Crippen LogP contribution in [0.4, 0.5) is 0 Å². The first-order valence-corrected chi connectivity index (χ1v) is 20.1. The van der Waals surface area contributed by atoms with Crippen LogP contribution in [-0.4, -0.2) is 14.1 Å². The van der Waals surface area contributed by atoms with Gasteiger partial charge < -0.3 is 13.6 Å². The van der Waals surface area contributed by atoms with Gasteiger partial charge in [-0.15, -0.1) is 0 Å². The molecule has 13 rings (SSSR count). The van der Waals surface area contributed by atoms with E-state index in [4.69, 9.17) is 9.40 Å². The van der Waals surface area contributed by atoms with E-state index in [1.165, 1.54) is 49.0 Å². The number of para-hydroxylation sites is 5. The second-order valence-electron chi connectivity index (χ2n) is 15.5. The Hall–Kier alpha value is -7.95. The number of furan rings is 1. The van der Waals surface area contributed by atoms with Crippen LogP contribution >= 0.6 is 0 Å². The highest BCUT2D eigenvalue weighted by molar-refractivity contribution is 6.24. The summed E-state index contributed by atoms with van der Waals surface area (Å²) in [6, 6.07) is 72.0. The first kappa shape index (κ1) is 32.2. The summed E-state index contributed by atoms with van der Waals surface area (Å²) in [4.78, 5) is 5.41. The zero-order valence-corrected chi connectivity index (χ0v) is 31.8. The molecule has 0 fully saturated rings. The van der Waals surface area contributed by atoms with Crippen LogP contribution in [0.1, 0.15) is 0 Å². The second kappa shape index (κ2) is 12.3. The summed E-state index contributed by atoms with van der Waals surface area (Å²) in [6.07, 6.45) is 0. The van der Waals surface area contributed by atoms with E-state index in [1.54, 1.807) is 0 Å². The van der Waals surface area contributed by atoms with E-state index in [9.17, 15) is 0 Å². The fourth-order valence-corrected chi connectivity index (χ4v) is 9.66. The van der Waals surface area contributed by atoms with Crippen molar-refractivity contribution in [3.8, 4) is 33.8 Å². The third-order valence-electron chi connectivity index (χ3n) is 12.3. The Balaban J connectivity index is 1.05. The largest absolute Gasteiger partial charge is 0.454 e. The molecule has 0 saturated heterocycles. The molecule has 0 saturated carbocycles. The molecule has 4 nitrogen and oxygen atoms in total. The van der Waals surface area contributed by atoms with E-state index in [0.717, 1.165) is 72.0 Å². The molecular formula is C55H33N3O. The molecule has 4 aromatic heterocycles. The highest BCUT2D eigenvalue weighted by atomic mass is 16.3. The van der Waals surface area contributed by atoms with Gasteiger partial charge in [0.25, 0.3) is 0 Å². The number of rotatable bonds is 4. The maximum absolute atomic E-state index is 6.66. The minimum Gasteiger partial charge on any atom is -0.454 e. The fraction of sp³-hybridized carbons (Fsp3) is 0. The average Bonchev–Trinajstić information content (AvgIpc) is 3.97. The van der Waals surface area contributed by atoms with Crippen molar-refractivity contribution in [3.05, 3.63) is 200 Å². The van der Waals surface area contributed by atoms with Gasteiger partial charge in [-0.2, -0.15) is 0 Å². The number of pyridine rings is 1. The summed E-state index contributed by atoms with van der Waals surface area (Å²) in [5, 5.41) is 10.6. The van der Waals surface area contributed by atoms with Crippen LogP contribution in [-0.2, 0) is 0 Å². The van der Waals surface area contributed by atoms with Gasteiger partial charge in [0.2, 0.25) is 0 Å². The van der Waals surface area contributed by atoms with E-state index >= 15 is 0 Å².